The fraction of sp³-hybridized carbons (Fsp3) is 0. The van der Waals surface area contributed by atoms with Crippen molar-refractivity contribution in [2.45, 2.75) is 0 Å². The molecule has 0 saturated carbocycles. The van der Waals surface area contributed by atoms with E-state index in [1.54, 1.807) is 0 Å². The normalized spacial score (nSPS) is 11.3. The lowest BCUT2D eigenvalue weighted by Crippen LogP contribution is -2.31. The van der Waals surface area contributed by atoms with E-state index in [9.17, 15) is 4.39 Å². The lowest BCUT2D eigenvalue weighted by atomic mass is 9.79. The highest BCUT2D eigenvalue weighted by Crippen LogP contribution is 2.05. The predicted octanol–water partition coefficient (Wildman–Crippen LogP) is -0.843. The molecule has 5 N–H and O–H groups in total. The van der Waals surface area contributed by atoms with Gasteiger partial charge < -0.3 is 15.8 Å². The van der Waals surface area contributed by atoms with Crippen molar-refractivity contribution in [1.82, 2.24) is 0 Å². The summed E-state index contributed by atoms with van der Waals surface area (Å²) in [5.74, 6) is -0.977. The molecule has 8 heteroatoms. The van der Waals surface area contributed by atoms with Crippen molar-refractivity contribution in [2.75, 3.05) is 0 Å². The molecule has 0 unspecified atom stereocenters. The number of halogens is 1. The van der Waals surface area contributed by atoms with Crippen molar-refractivity contribution in [2.24, 2.45) is 16.1 Å². The molecular formula is C7H8BFN4O2. The van der Waals surface area contributed by atoms with Crippen molar-refractivity contribution < 1.29 is 14.4 Å². The Labute approximate surface area is 84.9 Å². The Kier molecular flexibility index (Phi) is 3.48. The van der Waals surface area contributed by atoms with Crippen LogP contribution in [-0.2, 0) is 0 Å². The van der Waals surface area contributed by atoms with Crippen LogP contribution in [0.2, 0.25) is 0 Å². The molecule has 0 spiro atoms. The SMILES string of the molecule is N=NN=C(N)c1cc(B(O)O)ccc1F. The zero-order valence-corrected chi connectivity index (χ0v) is 7.55. The van der Waals surface area contributed by atoms with Crippen LogP contribution in [0.3, 0.4) is 0 Å². The summed E-state index contributed by atoms with van der Waals surface area (Å²) in [5.41, 5.74) is 11.7. The van der Waals surface area contributed by atoms with Crippen LogP contribution in [0.15, 0.2) is 28.5 Å². The molecule has 15 heavy (non-hydrogen) atoms. The van der Waals surface area contributed by atoms with E-state index in [2.05, 4.69) is 10.3 Å². The van der Waals surface area contributed by atoms with E-state index in [0.717, 1.165) is 12.1 Å². The van der Waals surface area contributed by atoms with Gasteiger partial charge in [0.25, 0.3) is 0 Å². The van der Waals surface area contributed by atoms with Crippen LogP contribution < -0.4 is 11.2 Å². The van der Waals surface area contributed by atoms with Crippen molar-refractivity contribution in [3.05, 3.63) is 29.6 Å². The van der Waals surface area contributed by atoms with Crippen LogP contribution in [-0.4, -0.2) is 23.0 Å². The summed E-state index contributed by atoms with van der Waals surface area (Å²) < 4.78 is 13.2. The quantitative estimate of drug-likeness (QED) is 0.171. The minimum absolute atomic E-state index is 0.0783. The van der Waals surface area contributed by atoms with Crippen LogP contribution in [0, 0.1) is 11.3 Å². The van der Waals surface area contributed by atoms with Crippen LogP contribution in [0.5, 0.6) is 0 Å². The molecule has 0 aromatic heterocycles. The first-order valence-electron chi connectivity index (χ1n) is 3.92. The molecule has 0 atom stereocenters. The number of amidine groups is 1. The second-order valence-electron chi connectivity index (χ2n) is 2.70. The molecule has 1 rings (SSSR count). The van der Waals surface area contributed by atoms with E-state index in [4.69, 9.17) is 21.3 Å². The second kappa shape index (κ2) is 4.62. The number of nitrogens with zero attached hydrogens (tertiary/aromatic N) is 2. The molecule has 0 aliphatic heterocycles. The highest BCUT2D eigenvalue weighted by molar-refractivity contribution is 6.58. The highest BCUT2D eigenvalue weighted by Gasteiger charge is 2.15. The summed E-state index contributed by atoms with van der Waals surface area (Å²) in [7, 11) is -1.72. The Morgan fingerprint density at radius 3 is 2.67 bits per heavy atom. The summed E-state index contributed by atoms with van der Waals surface area (Å²) in [5, 5.41) is 23.5. The van der Waals surface area contributed by atoms with E-state index in [-0.39, 0.29) is 16.9 Å². The first kappa shape index (κ1) is 11.3. The zero-order valence-electron chi connectivity index (χ0n) is 7.55. The van der Waals surface area contributed by atoms with Gasteiger partial charge in [-0.1, -0.05) is 11.3 Å². The summed E-state index contributed by atoms with van der Waals surface area (Å²) in [6.45, 7) is 0. The maximum atomic E-state index is 13.2. The Morgan fingerprint density at radius 2 is 2.13 bits per heavy atom. The molecule has 78 valence electrons. The average Bonchev–Trinajstić information content (AvgIpc) is 2.18. The fourth-order valence-corrected chi connectivity index (χ4v) is 1.01. The molecule has 1 aromatic carbocycles. The van der Waals surface area contributed by atoms with Crippen molar-refractivity contribution in [1.29, 1.82) is 5.53 Å². The largest absolute Gasteiger partial charge is 0.488 e. The lowest BCUT2D eigenvalue weighted by Gasteiger charge is -2.04. The van der Waals surface area contributed by atoms with Gasteiger partial charge >= 0.3 is 7.12 Å². The first-order valence-corrected chi connectivity index (χ1v) is 3.92. The van der Waals surface area contributed by atoms with E-state index >= 15 is 0 Å². The highest BCUT2D eigenvalue weighted by atomic mass is 19.1. The second-order valence-corrected chi connectivity index (χ2v) is 2.70. The Hall–Kier alpha value is -1.80. The number of benzene rings is 1. The molecule has 1 aromatic rings. The van der Waals surface area contributed by atoms with Gasteiger partial charge in [0.15, 0.2) is 5.84 Å². The Morgan fingerprint density at radius 1 is 1.47 bits per heavy atom. The van der Waals surface area contributed by atoms with Gasteiger partial charge in [0.05, 0.1) is 5.56 Å². The molecule has 0 bridgehead atoms. The van der Waals surface area contributed by atoms with E-state index in [0.29, 0.717) is 0 Å². The molecule has 0 aliphatic rings. The van der Waals surface area contributed by atoms with Crippen molar-refractivity contribution in [3.8, 4) is 0 Å². The predicted molar refractivity (Wildman–Crippen MR) is 52.1 cm³/mol. The number of hydrogen-bond acceptors (Lipinski definition) is 4. The van der Waals surface area contributed by atoms with E-state index in [1.165, 1.54) is 6.07 Å². The van der Waals surface area contributed by atoms with Gasteiger partial charge in [0, 0.05) is 0 Å². The topological polar surface area (TPSA) is 115 Å². The maximum Gasteiger partial charge on any atom is 0.488 e. The Balaban J connectivity index is 3.22. The molecule has 0 fully saturated rings. The first-order chi connectivity index (χ1) is 7.06. The molecule has 0 heterocycles. The Bertz CT molecular complexity index is 410. The minimum Gasteiger partial charge on any atom is -0.423 e. The van der Waals surface area contributed by atoms with Gasteiger partial charge in [-0.25, -0.2) is 4.39 Å². The summed E-state index contributed by atoms with van der Waals surface area (Å²) in [4.78, 5) is 0. The van der Waals surface area contributed by atoms with Gasteiger partial charge in [-0.05, 0) is 17.6 Å². The summed E-state index contributed by atoms with van der Waals surface area (Å²) in [6, 6.07) is 3.36. The van der Waals surface area contributed by atoms with Crippen LogP contribution in [0.1, 0.15) is 5.56 Å². The number of hydrogen-bond donors (Lipinski definition) is 4. The average molecular weight is 210 g/mol. The van der Waals surface area contributed by atoms with Crippen LogP contribution in [0.25, 0.3) is 0 Å². The maximum absolute atomic E-state index is 13.2. The van der Waals surface area contributed by atoms with E-state index < -0.39 is 12.9 Å². The minimum atomic E-state index is -1.72. The molecule has 0 saturated heterocycles. The van der Waals surface area contributed by atoms with Gasteiger partial charge in [-0.2, -0.15) is 5.53 Å². The third-order valence-electron chi connectivity index (χ3n) is 1.72. The zero-order chi connectivity index (χ0) is 11.4. The van der Waals surface area contributed by atoms with Gasteiger partial charge in [0.1, 0.15) is 5.82 Å². The smallest absolute Gasteiger partial charge is 0.423 e. The third-order valence-corrected chi connectivity index (χ3v) is 1.72. The van der Waals surface area contributed by atoms with Gasteiger partial charge in [-0.15, -0.1) is 5.10 Å². The summed E-state index contributed by atoms with van der Waals surface area (Å²) >= 11 is 0. The number of nitrogens with two attached hydrogens (primary N) is 1. The van der Waals surface area contributed by atoms with Gasteiger partial charge in [-0.3, -0.25) is 0 Å². The van der Waals surface area contributed by atoms with Crippen LogP contribution in [0.4, 0.5) is 4.39 Å². The molecule has 0 radical (unpaired) electrons. The molecular weight excluding hydrogens is 202 g/mol. The third kappa shape index (κ3) is 2.58. The lowest BCUT2D eigenvalue weighted by molar-refractivity contribution is 0.425. The molecule has 0 aliphatic carbocycles. The monoisotopic (exact) mass is 210 g/mol. The fourth-order valence-electron chi connectivity index (χ4n) is 1.01. The molecule has 6 nitrogen and oxygen atoms in total. The number of nitrogens with one attached hydrogen (secondary N) is 1. The molecule has 0 amide bonds. The van der Waals surface area contributed by atoms with Crippen LogP contribution >= 0.6 is 0 Å². The van der Waals surface area contributed by atoms with Crippen molar-refractivity contribution in [3.63, 3.8) is 0 Å². The van der Waals surface area contributed by atoms with Gasteiger partial charge in [0.2, 0.25) is 0 Å². The summed E-state index contributed by atoms with van der Waals surface area (Å²) in [6.07, 6.45) is 0. The van der Waals surface area contributed by atoms with Crippen molar-refractivity contribution >= 4 is 18.4 Å². The number of rotatable bonds is 3. The standard InChI is InChI=1S/C7H8BFN4O2/c9-6-2-1-4(8(14)15)3-5(6)7(10)12-13-11/h1-3,14-15H,(H3,10,11,12). The van der Waals surface area contributed by atoms with E-state index in [1.807, 2.05) is 0 Å².